The zero-order valence-electron chi connectivity index (χ0n) is 18.2. The van der Waals surface area contributed by atoms with Gasteiger partial charge in [-0.3, -0.25) is 14.4 Å². The van der Waals surface area contributed by atoms with Crippen LogP contribution in [0.1, 0.15) is 24.2 Å². The molecule has 0 aromatic heterocycles. The Kier molecular flexibility index (Phi) is 7.72. The molecule has 0 saturated carbocycles. The molecule has 1 aliphatic heterocycles. The molecule has 176 valence electrons. The second-order valence-electron chi connectivity index (χ2n) is 7.68. The Morgan fingerprint density at radius 3 is 2.15 bits per heavy atom. The van der Waals surface area contributed by atoms with Crippen molar-refractivity contribution in [1.82, 2.24) is 14.5 Å². The lowest BCUT2D eigenvalue weighted by molar-refractivity contribution is -0.134. The molecule has 11 heteroatoms. The zero-order chi connectivity index (χ0) is 24.2. The largest absolute Gasteiger partial charge is 0.338 e. The number of anilines is 1. The molecule has 2 N–H and O–H groups in total. The fourth-order valence-electron chi connectivity index (χ4n) is 3.48. The van der Waals surface area contributed by atoms with Crippen molar-refractivity contribution < 1.29 is 22.8 Å². The van der Waals surface area contributed by atoms with Gasteiger partial charge in [-0.1, -0.05) is 17.7 Å². The molecular weight excluding hydrogens is 468 g/mol. The van der Waals surface area contributed by atoms with Crippen molar-refractivity contribution in [2.45, 2.75) is 24.8 Å². The Balaban J connectivity index is 1.57. The predicted octanol–water partition coefficient (Wildman–Crippen LogP) is 1.95. The van der Waals surface area contributed by atoms with Gasteiger partial charge in [0, 0.05) is 49.4 Å². The zero-order valence-corrected chi connectivity index (χ0v) is 19.8. The summed E-state index contributed by atoms with van der Waals surface area (Å²) in [6, 6.07) is 11.3. The van der Waals surface area contributed by atoms with E-state index in [0.29, 0.717) is 42.5 Å². The van der Waals surface area contributed by atoms with E-state index in [-0.39, 0.29) is 22.6 Å². The van der Waals surface area contributed by atoms with Crippen molar-refractivity contribution in [3.05, 3.63) is 59.1 Å². The number of hydrogen-bond donors (Lipinski definition) is 2. The van der Waals surface area contributed by atoms with Crippen LogP contribution in [-0.4, -0.2) is 68.2 Å². The second kappa shape index (κ2) is 10.3. The number of benzene rings is 2. The lowest BCUT2D eigenvalue weighted by Crippen LogP contribution is -2.55. The fraction of sp³-hybridized carbons (Fsp3) is 0.318. The third-order valence-corrected chi connectivity index (χ3v) is 6.93. The van der Waals surface area contributed by atoms with Crippen LogP contribution in [-0.2, 0) is 19.6 Å². The van der Waals surface area contributed by atoms with Gasteiger partial charge in [0.05, 0.1) is 10.9 Å². The summed E-state index contributed by atoms with van der Waals surface area (Å²) in [6.45, 7) is 4.09. The summed E-state index contributed by atoms with van der Waals surface area (Å²) in [4.78, 5) is 39.7. The summed E-state index contributed by atoms with van der Waals surface area (Å²) in [5, 5.41) is 3.03. The smallest absolute Gasteiger partial charge is 0.254 e. The summed E-state index contributed by atoms with van der Waals surface area (Å²) in [5.74, 6) is -0.804. The van der Waals surface area contributed by atoms with Gasteiger partial charge in [0.25, 0.3) is 5.91 Å². The molecule has 0 bridgehead atoms. The Bertz CT molecular complexity index is 1150. The van der Waals surface area contributed by atoms with E-state index in [1.807, 2.05) is 0 Å². The van der Waals surface area contributed by atoms with Gasteiger partial charge in [-0.25, -0.2) is 8.42 Å². The highest BCUT2D eigenvalue weighted by atomic mass is 35.5. The maximum atomic E-state index is 12.8. The minimum Gasteiger partial charge on any atom is -0.338 e. The Morgan fingerprint density at radius 1 is 0.970 bits per heavy atom. The normalized spacial score (nSPS) is 15.1. The third-order valence-electron chi connectivity index (χ3n) is 5.14. The van der Waals surface area contributed by atoms with E-state index in [4.69, 9.17) is 11.6 Å². The van der Waals surface area contributed by atoms with Gasteiger partial charge in [-0.05, 0) is 49.4 Å². The van der Waals surface area contributed by atoms with Gasteiger partial charge in [0.2, 0.25) is 21.8 Å². The average molecular weight is 493 g/mol. The van der Waals surface area contributed by atoms with Crippen LogP contribution in [0, 0.1) is 0 Å². The van der Waals surface area contributed by atoms with Crippen molar-refractivity contribution in [2.75, 3.05) is 31.5 Å². The van der Waals surface area contributed by atoms with Gasteiger partial charge in [0.15, 0.2) is 0 Å². The first-order chi connectivity index (χ1) is 15.6. The van der Waals surface area contributed by atoms with Crippen LogP contribution in [0.4, 0.5) is 5.69 Å². The SMILES string of the molecule is CC(=O)Nc1ccc(S(=O)(=O)N[C@@H](C)C(=O)N2CCN(C(=O)c3cccc(Cl)c3)CC2)cc1. The molecule has 0 unspecified atom stereocenters. The molecule has 3 rings (SSSR count). The third kappa shape index (κ3) is 6.31. The highest BCUT2D eigenvalue weighted by Crippen LogP contribution is 2.16. The Morgan fingerprint density at radius 2 is 1.58 bits per heavy atom. The van der Waals surface area contributed by atoms with Crippen LogP contribution in [0.2, 0.25) is 5.02 Å². The first-order valence-electron chi connectivity index (χ1n) is 10.3. The average Bonchev–Trinajstić information content (AvgIpc) is 2.78. The van der Waals surface area contributed by atoms with E-state index in [1.165, 1.54) is 43.0 Å². The first-order valence-corrected chi connectivity index (χ1v) is 12.2. The molecular formula is C22H25ClN4O5S. The summed E-state index contributed by atoms with van der Waals surface area (Å²) in [6.07, 6.45) is 0. The fourth-order valence-corrected chi connectivity index (χ4v) is 4.87. The number of sulfonamides is 1. The molecule has 0 radical (unpaired) electrons. The monoisotopic (exact) mass is 492 g/mol. The quantitative estimate of drug-likeness (QED) is 0.639. The molecule has 9 nitrogen and oxygen atoms in total. The summed E-state index contributed by atoms with van der Waals surface area (Å²) in [5.41, 5.74) is 0.948. The summed E-state index contributed by atoms with van der Waals surface area (Å²) in [7, 11) is -3.94. The van der Waals surface area contributed by atoms with Crippen molar-refractivity contribution in [2.24, 2.45) is 0 Å². The lowest BCUT2D eigenvalue weighted by atomic mass is 10.1. The van der Waals surface area contributed by atoms with Gasteiger partial charge in [-0.2, -0.15) is 4.72 Å². The molecule has 1 heterocycles. The highest BCUT2D eigenvalue weighted by molar-refractivity contribution is 7.89. The van der Waals surface area contributed by atoms with Gasteiger partial charge < -0.3 is 15.1 Å². The molecule has 1 aliphatic rings. The van der Waals surface area contributed by atoms with Gasteiger partial charge >= 0.3 is 0 Å². The molecule has 3 amide bonds. The van der Waals surface area contributed by atoms with Crippen molar-refractivity contribution in [3.8, 4) is 0 Å². The minimum absolute atomic E-state index is 0.0202. The number of amides is 3. The number of rotatable bonds is 6. The summed E-state index contributed by atoms with van der Waals surface area (Å²) < 4.78 is 27.7. The Hall–Kier alpha value is -2.95. The van der Waals surface area contributed by atoms with Gasteiger partial charge in [-0.15, -0.1) is 0 Å². The van der Waals surface area contributed by atoms with Crippen LogP contribution in [0.25, 0.3) is 0 Å². The van der Waals surface area contributed by atoms with Crippen LogP contribution >= 0.6 is 11.6 Å². The number of carbonyl (C=O) groups is 3. The minimum atomic E-state index is -3.94. The first kappa shape index (κ1) is 24.7. The van der Waals surface area contributed by atoms with E-state index in [2.05, 4.69) is 10.0 Å². The molecule has 1 saturated heterocycles. The molecule has 1 fully saturated rings. The van der Waals surface area contributed by atoms with E-state index >= 15 is 0 Å². The van der Waals surface area contributed by atoms with Crippen molar-refractivity contribution in [3.63, 3.8) is 0 Å². The number of piperazine rings is 1. The van der Waals surface area contributed by atoms with Crippen LogP contribution in [0.5, 0.6) is 0 Å². The number of hydrogen-bond acceptors (Lipinski definition) is 5. The number of nitrogens with zero attached hydrogens (tertiary/aromatic N) is 2. The Labute approximate surface area is 197 Å². The molecule has 2 aromatic carbocycles. The maximum absolute atomic E-state index is 12.8. The second-order valence-corrected chi connectivity index (χ2v) is 9.83. The molecule has 33 heavy (non-hydrogen) atoms. The van der Waals surface area contributed by atoms with E-state index < -0.39 is 16.1 Å². The molecule has 0 aliphatic carbocycles. The molecule has 2 aromatic rings. The van der Waals surface area contributed by atoms with E-state index in [1.54, 1.807) is 29.2 Å². The lowest BCUT2D eigenvalue weighted by Gasteiger charge is -2.36. The maximum Gasteiger partial charge on any atom is 0.254 e. The van der Waals surface area contributed by atoms with Gasteiger partial charge in [0.1, 0.15) is 0 Å². The van der Waals surface area contributed by atoms with E-state index in [9.17, 15) is 22.8 Å². The van der Waals surface area contributed by atoms with Crippen LogP contribution in [0.3, 0.4) is 0 Å². The molecule has 1 atom stereocenters. The summed E-state index contributed by atoms with van der Waals surface area (Å²) >= 11 is 5.96. The van der Waals surface area contributed by atoms with E-state index in [0.717, 1.165) is 0 Å². The highest BCUT2D eigenvalue weighted by Gasteiger charge is 2.30. The van der Waals surface area contributed by atoms with Crippen molar-refractivity contribution in [1.29, 1.82) is 0 Å². The number of carbonyl (C=O) groups excluding carboxylic acids is 3. The van der Waals surface area contributed by atoms with Crippen LogP contribution < -0.4 is 10.0 Å². The number of halogens is 1. The van der Waals surface area contributed by atoms with Crippen molar-refractivity contribution >= 4 is 45.0 Å². The topological polar surface area (TPSA) is 116 Å². The standard InChI is InChI=1S/C22H25ClN4O5S/c1-15(25-33(31,32)20-8-6-19(7-9-20)24-16(2)28)21(29)26-10-12-27(13-11-26)22(30)17-4-3-5-18(23)14-17/h3-9,14-15,25H,10-13H2,1-2H3,(H,24,28)/t15-/m0/s1. The predicted molar refractivity (Wildman–Crippen MR) is 124 cm³/mol. The van der Waals surface area contributed by atoms with Crippen LogP contribution in [0.15, 0.2) is 53.4 Å². The molecule has 0 spiro atoms. The number of nitrogens with one attached hydrogen (secondary N) is 2.